The van der Waals surface area contributed by atoms with Gasteiger partial charge in [0.1, 0.15) is 16.9 Å². The molecule has 0 saturated carbocycles. The average Bonchev–Trinajstić information content (AvgIpc) is 2.43. The lowest BCUT2D eigenvalue weighted by atomic mass is 10.1. The predicted molar refractivity (Wildman–Crippen MR) is 79.1 cm³/mol. The van der Waals surface area contributed by atoms with Crippen LogP contribution in [-0.2, 0) is 9.53 Å². The van der Waals surface area contributed by atoms with Crippen LogP contribution in [0.25, 0.3) is 0 Å². The molecule has 1 unspecified atom stereocenters. The molecule has 0 aliphatic carbocycles. The first kappa shape index (κ1) is 18.4. The Hall–Kier alpha value is -1.63. The minimum Gasteiger partial charge on any atom is -0.478 e. The number of hydrogen-bond acceptors (Lipinski definition) is 4. The van der Waals surface area contributed by atoms with Crippen LogP contribution in [0.2, 0.25) is 0 Å². The minimum atomic E-state index is -1.49. The van der Waals surface area contributed by atoms with Crippen LogP contribution in [0.3, 0.4) is 0 Å². The molecule has 0 aromatic heterocycles. The van der Waals surface area contributed by atoms with Crippen LogP contribution in [-0.4, -0.2) is 28.9 Å². The van der Waals surface area contributed by atoms with Gasteiger partial charge in [0.05, 0.1) is 12.2 Å². The lowest BCUT2D eigenvalue weighted by Crippen LogP contribution is -2.26. The molecule has 1 aromatic carbocycles. The third-order valence-electron chi connectivity index (χ3n) is 2.79. The summed E-state index contributed by atoms with van der Waals surface area (Å²) in [5, 5.41) is 8.19. The first-order valence-electron chi connectivity index (χ1n) is 6.83. The fraction of sp³-hybridized carbons (Fsp3) is 0.467. The minimum absolute atomic E-state index is 0.0917. The summed E-state index contributed by atoms with van der Waals surface area (Å²) in [6.45, 7) is 5.65. The number of ether oxygens (including phenoxy) is 1. The van der Waals surface area contributed by atoms with Crippen molar-refractivity contribution < 1.29 is 28.2 Å². The number of aromatic carboxylic acids is 1. The Morgan fingerprint density at radius 1 is 1.27 bits per heavy atom. The van der Waals surface area contributed by atoms with E-state index in [-0.39, 0.29) is 17.4 Å². The highest BCUT2D eigenvalue weighted by Gasteiger charge is 2.27. The SMILES string of the molecule is CCCOC(=O)C(Sc1cc(C(=O)O)c(F)cc1F)C(C)C. The van der Waals surface area contributed by atoms with E-state index in [2.05, 4.69) is 0 Å². The summed E-state index contributed by atoms with van der Waals surface area (Å²) in [7, 11) is 0. The highest BCUT2D eigenvalue weighted by atomic mass is 32.2. The van der Waals surface area contributed by atoms with Gasteiger partial charge >= 0.3 is 11.9 Å². The molecule has 1 N–H and O–H groups in total. The number of halogens is 2. The summed E-state index contributed by atoms with van der Waals surface area (Å²) < 4.78 is 32.3. The zero-order valence-corrected chi connectivity index (χ0v) is 13.4. The molecule has 0 bridgehead atoms. The van der Waals surface area contributed by atoms with E-state index in [4.69, 9.17) is 9.84 Å². The maximum absolute atomic E-state index is 13.8. The van der Waals surface area contributed by atoms with Gasteiger partial charge in [-0.2, -0.15) is 0 Å². The molecule has 4 nitrogen and oxygen atoms in total. The molecule has 1 rings (SSSR count). The van der Waals surface area contributed by atoms with E-state index in [0.717, 1.165) is 17.8 Å². The molecule has 0 saturated heterocycles. The van der Waals surface area contributed by atoms with Crippen molar-refractivity contribution >= 4 is 23.7 Å². The van der Waals surface area contributed by atoms with Crippen molar-refractivity contribution in [2.75, 3.05) is 6.61 Å². The molecule has 122 valence electrons. The Kier molecular flexibility index (Phi) is 6.80. The molecule has 7 heteroatoms. The van der Waals surface area contributed by atoms with Crippen LogP contribution in [0.4, 0.5) is 8.78 Å². The van der Waals surface area contributed by atoms with Gasteiger partial charge in [-0.25, -0.2) is 13.6 Å². The van der Waals surface area contributed by atoms with Crippen LogP contribution in [0.5, 0.6) is 0 Å². The van der Waals surface area contributed by atoms with Crippen molar-refractivity contribution in [1.29, 1.82) is 0 Å². The normalized spacial score (nSPS) is 12.3. The predicted octanol–water partition coefficient (Wildman–Crippen LogP) is 3.73. The third-order valence-corrected chi connectivity index (χ3v) is 4.35. The van der Waals surface area contributed by atoms with Gasteiger partial charge in [0.2, 0.25) is 0 Å². The maximum atomic E-state index is 13.8. The van der Waals surface area contributed by atoms with Crippen molar-refractivity contribution in [3.05, 3.63) is 29.3 Å². The molecule has 0 heterocycles. The topological polar surface area (TPSA) is 63.6 Å². The summed E-state index contributed by atoms with van der Waals surface area (Å²) in [5.74, 6) is -4.20. The number of esters is 1. The summed E-state index contributed by atoms with van der Waals surface area (Å²) in [4.78, 5) is 22.8. The molecule has 22 heavy (non-hydrogen) atoms. The number of thioether (sulfide) groups is 1. The molecule has 0 aliphatic rings. The average molecular weight is 332 g/mol. The lowest BCUT2D eigenvalue weighted by molar-refractivity contribution is -0.143. The van der Waals surface area contributed by atoms with E-state index in [9.17, 15) is 18.4 Å². The third kappa shape index (κ3) is 4.69. The van der Waals surface area contributed by atoms with E-state index in [1.165, 1.54) is 0 Å². The Bertz CT molecular complexity index is 561. The molecule has 0 radical (unpaired) electrons. The number of carbonyl (C=O) groups is 2. The lowest BCUT2D eigenvalue weighted by Gasteiger charge is -2.19. The van der Waals surface area contributed by atoms with E-state index in [1.54, 1.807) is 13.8 Å². The van der Waals surface area contributed by atoms with Crippen molar-refractivity contribution in [2.24, 2.45) is 5.92 Å². The van der Waals surface area contributed by atoms with Crippen LogP contribution >= 0.6 is 11.8 Å². The molecule has 1 aromatic rings. The second-order valence-electron chi connectivity index (χ2n) is 5.02. The molecule has 1 atom stereocenters. The van der Waals surface area contributed by atoms with Crippen LogP contribution in [0.1, 0.15) is 37.6 Å². The van der Waals surface area contributed by atoms with Crippen LogP contribution in [0, 0.1) is 17.6 Å². The smallest absolute Gasteiger partial charge is 0.338 e. The maximum Gasteiger partial charge on any atom is 0.338 e. The fourth-order valence-electron chi connectivity index (χ4n) is 1.66. The van der Waals surface area contributed by atoms with E-state index < -0.39 is 34.4 Å². The number of hydrogen-bond donors (Lipinski definition) is 1. The zero-order chi connectivity index (χ0) is 16.9. The first-order valence-corrected chi connectivity index (χ1v) is 7.71. The summed E-state index contributed by atoms with van der Waals surface area (Å²) >= 11 is 0.843. The standard InChI is InChI=1S/C15H18F2O4S/c1-4-5-21-15(20)13(8(2)3)22-12-6-9(14(18)19)10(16)7-11(12)17/h6-8,13H,4-5H2,1-3H3,(H,18,19). The number of carbonyl (C=O) groups excluding carboxylic acids is 1. The Balaban J connectivity index is 3.05. The van der Waals surface area contributed by atoms with Crippen molar-refractivity contribution in [2.45, 2.75) is 37.3 Å². The summed E-state index contributed by atoms with van der Waals surface area (Å²) in [6, 6.07) is 1.42. The molecule has 0 fully saturated rings. The van der Waals surface area contributed by atoms with Gasteiger partial charge in [-0.3, -0.25) is 4.79 Å². The van der Waals surface area contributed by atoms with Crippen LogP contribution in [0.15, 0.2) is 17.0 Å². The van der Waals surface area contributed by atoms with E-state index in [0.29, 0.717) is 12.5 Å². The molecule has 0 amide bonds. The number of rotatable bonds is 7. The number of benzene rings is 1. The molecular weight excluding hydrogens is 314 g/mol. The highest BCUT2D eigenvalue weighted by molar-refractivity contribution is 8.00. The van der Waals surface area contributed by atoms with Crippen molar-refractivity contribution in [1.82, 2.24) is 0 Å². The van der Waals surface area contributed by atoms with Gasteiger partial charge in [0.15, 0.2) is 0 Å². The largest absolute Gasteiger partial charge is 0.478 e. The van der Waals surface area contributed by atoms with E-state index >= 15 is 0 Å². The Morgan fingerprint density at radius 3 is 2.41 bits per heavy atom. The van der Waals surface area contributed by atoms with Gasteiger partial charge in [0, 0.05) is 11.0 Å². The quantitative estimate of drug-likeness (QED) is 0.609. The molecule has 0 spiro atoms. The molecule has 0 aliphatic heterocycles. The highest BCUT2D eigenvalue weighted by Crippen LogP contribution is 2.32. The Morgan fingerprint density at radius 2 is 1.91 bits per heavy atom. The monoisotopic (exact) mass is 332 g/mol. The zero-order valence-electron chi connectivity index (χ0n) is 12.6. The molecular formula is C15H18F2O4S. The second-order valence-corrected chi connectivity index (χ2v) is 6.20. The second kappa shape index (κ2) is 8.12. The summed E-state index contributed by atoms with van der Waals surface area (Å²) in [6.07, 6.45) is 0.662. The van der Waals surface area contributed by atoms with Crippen molar-refractivity contribution in [3.63, 3.8) is 0 Å². The van der Waals surface area contributed by atoms with Crippen molar-refractivity contribution in [3.8, 4) is 0 Å². The first-order chi connectivity index (χ1) is 10.3. The van der Waals surface area contributed by atoms with Crippen LogP contribution < -0.4 is 0 Å². The van der Waals surface area contributed by atoms with E-state index in [1.807, 2.05) is 6.92 Å². The van der Waals surface area contributed by atoms with Gasteiger partial charge in [-0.15, -0.1) is 11.8 Å². The van der Waals surface area contributed by atoms with Gasteiger partial charge in [0.25, 0.3) is 0 Å². The number of carboxylic acids is 1. The van der Waals surface area contributed by atoms with Gasteiger partial charge in [-0.05, 0) is 18.4 Å². The van der Waals surface area contributed by atoms with Gasteiger partial charge in [-0.1, -0.05) is 20.8 Å². The van der Waals surface area contributed by atoms with Gasteiger partial charge < -0.3 is 9.84 Å². The fourth-order valence-corrected chi connectivity index (χ4v) is 2.73. The Labute approximate surface area is 131 Å². The number of carboxylic acid groups (broad SMARTS) is 1. The summed E-state index contributed by atoms with van der Waals surface area (Å²) in [5.41, 5.74) is -0.631.